The zero-order chi connectivity index (χ0) is 13.1. The minimum Gasteiger partial charge on any atom is -0.465 e. The van der Waals surface area contributed by atoms with Crippen LogP contribution in [0, 0.1) is 5.92 Å². The zero-order valence-electron chi connectivity index (χ0n) is 11.9. The molecule has 2 nitrogen and oxygen atoms in total. The first-order valence-corrected chi connectivity index (χ1v) is 6.87. The van der Waals surface area contributed by atoms with Crippen molar-refractivity contribution < 1.29 is 9.53 Å². The number of rotatable bonds is 9. The van der Waals surface area contributed by atoms with Gasteiger partial charge in [-0.25, -0.2) is 0 Å². The predicted octanol–water partition coefficient (Wildman–Crippen LogP) is 4.49. The van der Waals surface area contributed by atoms with Crippen LogP contribution in [0.4, 0.5) is 0 Å². The van der Waals surface area contributed by atoms with E-state index in [1.165, 1.54) is 18.4 Å². The molecule has 0 aromatic heterocycles. The molecule has 0 rings (SSSR count). The summed E-state index contributed by atoms with van der Waals surface area (Å²) >= 11 is 0. The van der Waals surface area contributed by atoms with E-state index >= 15 is 0 Å². The van der Waals surface area contributed by atoms with Crippen molar-refractivity contribution in [3.8, 4) is 0 Å². The lowest BCUT2D eigenvalue weighted by atomic mass is 10.0. The molecule has 0 bridgehead atoms. The molecule has 0 saturated heterocycles. The van der Waals surface area contributed by atoms with Gasteiger partial charge < -0.3 is 4.74 Å². The Labute approximate surface area is 106 Å². The molecular weight excluding hydrogens is 212 g/mol. The van der Waals surface area contributed by atoms with Gasteiger partial charge in [-0.15, -0.1) is 0 Å². The van der Waals surface area contributed by atoms with E-state index in [0.29, 0.717) is 13.0 Å². The molecule has 0 aromatic carbocycles. The van der Waals surface area contributed by atoms with Gasteiger partial charge in [0.05, 0.1) is 13.0 Å². The summed E-state index contributed by atoms with van der Waals surface area (Å²) in [4.78, 5) is 11.3. The van der Waals surface area contributed by atoms with Gasteiger partial charge in [-0.1, -0.05) is 45.3 Å². The van der Waals surface area contributed by atoms with E-state index in [2.05, 4.69) is 27.7 Å². The maximum atomic E-state index is 11.3. The Bertz CT molecular complexity index is 229. The second-order valence-corrected chi connectivity index (χ2v) is 5.11. The molecule has 0 saturated carbocycles. The van der Waals surface area contributed by atoms with Crippen LogP contribution in [0.2, 0.25) is 0 Å². The second-order valence-electron chi connectivity index (χ2n) is 5.11. The maximum Gasteiger partial charge on any atom is 0.309 e. The molecule has 0 aliphatic rings. The van der Waals surface area contributed by atoms with Crippen molar-refractivity contribution in [3.05, 3.63) is 11.6 Å². The first-order chi connectivity index (χ1) is 8.06. The van der Waals surface area contributed by atoms with Crippen molar-refractivity contribution in [1.82, 2.24) is 0 Å². The third-order valence-corrected chi connectivity index (χ3v) is 2.73. The first-order valence-electron chi connectivity index (χ1n) is 6.87. The average Bonchev–Trinajstić information content (AvgIpc) is 2.26. The van der Waals surface area contributed by atoms with Crippen molar-refractivity contribution >= 4 is 5.97 Å². The van der Waals surface area contributed by atoms with Crippen LogP contribution in [0.1, 0.15) is 66.2 Å². The fraction of sp³-hybridized carbons (Fsp3) is 0.800. The van der Waals surface area contributed by atoms with Crippen LogP contribution in [0.3, 0.4) is 0 Å². The smallest absolute Gasteiger partial charge is 0.309 e. The molecule has 0 fully saturated rings. The molecule has 100 valence electrons. The number of unbranched alkanes of at least 4 members (excludes halogenated alkanes) is 1. The van der Waals surface area contributed by atoms with Gasteiger partial charge in [-0.2, -0.15) is 0 Å². The SMILES string of the molecule is CCCCOC(=O)C/C=C(\C)CCCC(C)C. The molecule has 17 heavy (non-hydrogen) atoms. The monoisotopic (exact) mass is 240 g/mol. The third-order valence-electron chi connectivity index (χ3n) is 2.73. The predicted molar refractivity (Wildman–Crippen MR) is 72.9 cm³/mol. The Morgan fingerprint density at radius 2 is 2.00 bits per heavy atom. The topological polar surface area (TPSA) is 26.3 Å². The minimum atomic E-state index is -0.0957. The van der Waals surface area contributed by atoms with E-state index < -0.39 is 0 Å². The molecule has 0 N–H and O–H groups in total. The normalized spacial score (nSPS) is 11.9. The van der Waals surface area contributed by atoms with E-state index in [9.17, 15) is 4.79 Å². The summed E-state index contributed by atoms with van der Waals surface area (Å²) < 4.78 is 5.09. The molecule has 0 aromatic rings. The Morgan fingerprint density at radius 1 is 1.29 bits per heavy atom. The average molecular weight is 240 g/mol. The standard InChI is InChI=1S/C15H28O2/c1-5-6-12-17-15(16)11-10-14(4)9-7-8-13(2)3/h10,13H,5-9,11-12H2,1-4H3/b14-10+. The lowest BCUT2D eigenvalue weighted by Gasteiger charge is -2.05. The summed E-state index contributed by atoms with van der Waals surface area (Å²) in [5.41, 5.74) is 1.30. The minimum absolute atomic E-state index is 0.0957. The van der Waals surface area contributed by atoms with Crippen LogP contribution in [0.15, 0.2) is 11.6 Å². The highest BCUT2D eigenvalue weighted by atomic mass is 16.5. The number of carbonyl (C=O) groups excluding carboxylic acids is 1. The van der Waals surface area contributed by atoms with Gasteiger partial charge in [0.25, 0.3) is 0 Å². The van der Waals surface area contributed by atoms with Crippen molar-refractivity contribution in [3.63, 3.8) is 0 Å². The van der Waals surface area contributed by atoms with Gasteiger partial charge in [-0.05, 0) is 32.1 Å². The van der Waals surface area contributed by atoms with Gasteiger partial charge in [0.1, 0.15) is 0 Å². The van der Waals surface area contributed by atoms with Gasteiger partial charge in [0.2, 0.25) is 0 Å². The van der Waals surface area contributed by atoms with Gasteiger partial charge >= 0.3 is 5.97 Å². The number of carbonyl (C=O) groups is 1. The Kier molecular flexibility index (Phi) is 9.89. The van der Waals surface area contributed by atoms with E-state index in [0.717, 1.165) is 25.2 Å². The number of ether oxygens (including phenoxy) is 1. The van der Waals surface area contributed by atoms with Gasteiger partial charge in [0.15, 0.2) is 0 Å². The molecule has 0 heterocycles. The Hall–Kier alpha value is -0.790. The fourth-order valence-corrected chi connectivity index (χ4v) is 1.54. The Morgan fingerprint density at radius 3 is 2.59 bits per heavy atom. The molecule has 0 spiro atoms. The largest absolute Gasteiger partial charge is 0.465 e. The Balaban J connectivity index is 3.63. The van der Waals surface area contributed by atoms with Crippen molar-refractivity contribution in [2.24, 2.45) is 5.92 Å². The van der Waals surface area contributed by atoms with Crippen molar-refractivity contribution in [2.45, 2.75) is 66.2 Å². The quantitative estimate of drug-likeness (QED) is 0.337. The van der Waals surface area contributed by atoms with Crippen LogP contribution < -0.4 is 0 Å². The summed E-state index contributed by atoms with van der Waals surface area (Å²) in [5, 5.41) is 0. The number of hydrogen-bond acceptors (Lipinski definition) is 2. The summed E-state index contributed by atoms with van der Waals surface area (Å²) in [6.45, 7) is 9.23. The third kappa shape index (κ3) is 11.5. The van der Waals surface area contributed by atoms with Crippen LogP contribution in [-0.4, -0.2) is 12.6 Å². The lowest BCUT2D eigenvalue weighted by Crippen LogP contribution is -2.04. The number of allylic oxidation sites excluding steroid dienone is 1. The molecule has 0 aliphatic heterocycles. The molecule has 0 unspecified atom stereocenters. The van der Waals surface area contributed by atoms with Crippen LogP contribution in [-0.2, 0) is 9.53 Å². The highest BCUT2D eigenvalue weighted by Crippen LogP contribution is 2.12. The molecular formula is C15H28O2. The van der Waals surface area contributed by atoms with Gasteiger partial charge in [0, 0.05) is 0 Å². The maximum absolute atomic E-state index is 11.3. The summed E-state index contributed by atoms with van der Waals surface area (Å²) in [5.74, 6) is 0.670. The second kappa shape index (κ2) is 10.4. The summed E-state index contributed by atoms with van der Waals surface area (Å²) in [6.07, 6.45) is 8.03. The van der Waals surface area contributed by atoms with E-state index in [-0.39, 0.29) is 5.97 Å². The molecule has 0 radical (unpaired) electrons. The van der Waals surface area contributed by atoms with Crippen molar-refractivity contribution in [1.29, 1.82) is 0 Å². The highest BCUT2D eigenvalue weighted by molar-refractivity contribution is 5.71. The highest BCUT2D eigenvalue weighted by Gasteiger charge is 2.00. The fourth-order valence-electron chi connectivity index (χ4n) is 1.54. The van der Waals surface area contributed by atoms with Gasteiger partial charge in [-0.3, -0.25) is 4.79 Å². The van der Waals surface area contributed by atoms with Crippen LogP contribution in [0.5, 0.6) is 0 Å². The van der Waals surface area contributed by atoms with E-state index in [4.69, 9.17) is 4.74 Å². The number of hydrogen-bond donors (Lipinski definition) is 0. The molecule has 0 atom stereocenters. The first kappa shape index (κ1) is 16.2. The molecule has 0 amide bonds. The summed E-state index contributed by atoms with van der Waals surface area (Å²) in [6, 6.07) is 0. The van der Waals surface area contributed by atoms with Crippen LogP contribution in [0.25, 0.3) is 0 Å². The lowest BCUT2D eigenvalue weighted by molar-refractivity contribution is -0.142. The molecule has 2 heteroatoms. The zero-order valence-corrected chi connectivity index (χ0v) is 11.9. The van der Waals surface area contributed by atoms with Crippen molar-refractivity contribution in [2.75, 3.05) is 6.61 Å². The molecule has 0 aliphatic carbocycles. The van der Waals surface area contributed by atoms with E-state index in [1.54, 1.807) is 0 Å². The number of esters is 1. The van der Waals surface area contributed by atoms with Crippen LogP contribution >= 0.6 is 0 Å². The van der Waals surface area contributed by atoms with E-state index in [1.807, 2.05) is 6.08 Å². The summed E-state index contributed by atoms with van der Waals surface area (Å²) in [7, 11) is 0.